The molecule has 11 heteroatoms. The summed E-state index contributed by atoms with van der Waals surface area (Å²) in [4.78, 5) is 30.8. The molecular formula is C28H37N7O4. The van der Waals surface area contributed by atoms with Crippen molar-refractivity contribution in [1.29, 1.82) is 0 Å². The number of carboxylic acid groups (broad SMARTS) is 1. The number of likely N-dealkylation sites (tertiary alicyclic amines) is 1. The van der Waals surface area contributed by atoms with Crippen molar-refractivity contribution in [2.75, 3.05) is 32.0 Å². The van der Waals surface area contributed by atoms with Crippen LogP contribution < -0.4 is 16.0 Å². The molecule has 2 aromatic heterocycles. The average Bonchev–Trinajstić information content (AvgIpc) is 3.48. The smallest absolute Gasteiger partial charge is 0.411 e. The summed E-state index contributed by atoms with van der Waals surface area (Å²) in [6.07, 6.45) is 0.576. The number of aromatic nitrogens is 3. The van der Waals surface area contributed by atoms with Crippen molar-refractivity contribution in [2.45, 2.75) is 63.9 Å². The minimum atomic E-state index is -1.05. The number of carboxylic acids is 1. The summed E-state index contributed by atoms with van der Waals surface area (Å²) in [6.45, 7) is 8.08. The van der Waals surface area contributed by atoms with E-state index in [0.717, 1.165) is 48.2 Å². The number of carbonyl (C=O) groups is 2. The molecule has 1 unspecified atom stereocenters. The van der Waals surface area contributed by atoms with Gasteiger partial charge in [0.1, 0.15) is 17.5 Å². The van der Waals surface area contributed by atoms with Gasteiger partial charge in [-0.2, -0.15) is 5.10 Å². The second kappa shape index (κ2) is 10.8. The van der Waals surface area contributed by atoms with Crippen molar-refractivity contribution in [2.24, 2.45) is 0 Å². The van der Waals surface area contributed by atoms with Crippen molar-refractivity contribution >= 4 is 28.8 Å². The molecule has 208 valence electrons. The molecule has 4 heterocycles. The lowest BCUT2D eigenvalue weighted by Crippen LogP contribution is -2.43. The van der Waals surface area contributed by atoms with Gasteiger partial charge in [0.2, 0.25) is 0 Å². The lowest BCUT2D eigenvalue weighted by molar-refractivity contribution is -0.142. The fraction of sp³-hybridized carbons (Fsp3) is 0.500. The number of fused-ring (bicyclic) bond motifs is 3. The lowest BCUT2D eigenvalue weighted by atomic mass is 9.98. The van der Waals surface area contributed by atoms with E-state index in [1.165, 1.54) is 10.6 Å². The predicted octanol–water partition coefficient (Wildman–Crippen LogP) is 3.23. The first-order chi connectivity index (χ1) is 18.6. The Morgan fingerprint density at radius 2 is 2.00 bits per heavy atom. The fourth-order valence-corrected chi connectivity index (χ4v) is 5.48. The van der Waals surface area contributed by atoms with Gasteiger partial charge < -0.3 is 25.8 Å². The van der Waals surface area contributed by atoms with E-state index < -0.39 is 23.7 Å². The second-order valence-electron chi connectivity index (χ2n) is 11.2. The van der Waals surface area contributed by atoms with Crippen LogP contribution in [0.5, 0.6) is 0 Å². The normalized spacial score (nSPS) is 21.1. The van der Waals surface area contributed by atoms with Crippen LogP contribution in [0.4, 0.5) is 10.6 Å². The summed E-state index contributed by atoms with van der Waals surface area (Å²) < 4.78 is 7.57. The Kier molecular flexibility index (Phi) is 7.46. The largest absolute Gasteiger partial charge is 0.480 e. The maximum absolute atomic E-state index is 12.7. The molecule has 4 N–H and O–H groups in total. The number of carbonyl (C=O) groups excluding carboxylic acids is 1. The Labute approximate surface area is 227 Å². The molecule has 3 atom stereocenters. The van der Waals surface area contributed by atoms with Crippen LogP contribution in [0, 0.1) is 0 Å². The molecule has 0 spiro atoms. The Balaban J connectivity index is 1.42. The van der Waals surface area contributed by atoms with Gasteiger partial charge in [-0.1, -0.05) is 18.2 Å². The maximum atomic E-state index is 12.7. The minimum Gasteiger partial charge on any atom is -0.480 e. The van der Waals surface area contributed by atoms with Gasteiger partial charge in [-0.25, -0.2) is 14.6 Å². The van der Waals surface area contributed by atoms with Crippen LogP contribution in [0.3, 0.4) is 0 Å². The Bertz CT molecular complexity index is 1370. The first-order valence-corrected chi connectivity index (χ1v) is 13.5. The van der Waals surface area contributed by atoms with Crippen molar-refractivity contribution in [3.8, 4) is 11.3 Å². The molecule has 0 saturated carbocycles. The summed E-state index contributed by atoms with van der Waals surface area (Å²) in [6, 6.07) is 10.8. The predicted molar refractivity (Wildman–Crippen MR) is 149 cm³/mol. The van der Waals surface area contributed by atoms with Crippen LogP contribution in [-0.2, 0) is 16.1 Å². The van der Waals surface area contributed by atoms with Crippen molar-refractivity contribution in [1.82, 2.24) is 30.3 Å². The highest BCUT2D eigenvalue weighted by molar-refractivity contribution is 5.96. The molecule has 3 aromatic rings. The average molecular weight is 536 g/mol. The number of hydrogen-bond acceptors (Lipinski definition) is 8. The molecule has 1 aromatic carbocycles. The molecular weight excluding hydrogens is 498 g/mol. The summed E-state index contributed by atoms with van der Waals surface area (Å²) >= 11 is 0. The van der Waals surface area contributed by atoms with Crippen LogP contribution in [0.15, 0.2) is 36.4 Å². The first kappa shape index (κ1) is 26.9. The first-order valence-electron chi connectivity index (χ1n) is 13.5. The van der Waals surface area contributed by atoms with Crippen molar-refractivity contribution in [3.63, 3.8) is 0 Å². The third-order valence-electron chi connectivity index (χ3n) is 7.12. The Hall–Kier alpha value is -3.70. The molecule has 0 radical (unpaired) electrons. The van der Waals surface area contributed by atoms with E-state index in [2.05, 4.69) is 26.7 Å². The quantitative estimate of drug-likeness (QED) is 0.360. The topological polar surface area (TPSA) is 134 Å². The van der Waals surface area contributed by atoms with Crippen LogP contribution in [-0.4, -0.2) is 81.2 Å². The van der Waals surface area contributed by atoms with Crippen LogP contribution in [0.2, 0.25) is 0 Å². The van der Waals surface area contributed by atoms with E-state index in [4.69, 9.17) is 14.8 Å². The highest BCUT2D eigenvalue weighted by Gasteiger charge is 2.41. The number of ether oxygens (including phenoxy) is 1. The lowest BCUT2D eigenvalue weighted by Gasteiger charge is -2.26. The van der Waals surface area contributed by atoms with E-state index in [1.807, 2.05) is 37.4 Å². The molecule has 11 nitrogen and oxygen atoms in total. The number of nitrogens with one attached hydrogen (secondary N) is 3. The second-order valence-corrected chi connectivity index (χ2v) is 11.2. The van der Waals surface area contributed by atoms with Gasteiger partial charge >= 0.3 is 12.1 Å². The zero-order valence-corrected chi connectivity index (χ0v) is 22.9. The third-order valence-corrected chi connectivity index (χ3v) is 7.12. The van der Waals surface area contributed by atoms with Gasteiger partial charge in [-0.15, -0.1) is 0 Å². The summed E-state index contributed by atoms with van der Waals surface area (Å²) in [5.74, 6) is -0.429. The van der Waals surface area contributed by atoms with E-state index in [-0.39, 0.29) is 25.0 Å². The van der Waals surface area contributed by atoms with Gasteiger partial charge in [0.15, 0.2) is 0 Å². The van der Waals surface area contributed by atoms with Crippen LogP contribution in [0.1, 0.15) is 45.3 Å². The monoisotopic (exact) mass is 535 g/mol. The number of hydrogen-bond donors (Lipinski definition) is 4. The molecule has 1 fully saturated rings. The Morgan fingerprint density at radius 1 is 1.21 bits per heavy atom. The van der Waals surface area contributed by atoms with Gasteiger partial charge in [0.25, 0.3) is 0 Å². The van der Waals surface area contributed by atoms with Gasteiger partial charge in [0, 0.05) is 36.5 Å². The number of benzene rings is 1. The SMILES string of the molecule is CNCCC1NCCn2nc3cccc(-c4cccc(N[C@H]5C[C@@H](C(=O)O)N(C(=O)OC(C)(C)C)C5)n4)c3c21. The fourth-order valence-electron chi connectivity index (χ4n) is 5.48. The number of anilines is 1. The van der Waals surface area contributed by atoms with E-state index in [0.29, 0.717) is 5.82 Å². The number of nitrogens with zero attached hydrogens (tertiary/aromatic N) is 4. The molecule has 2 aliphatic rings. The standard InChI is InChI=1S/C28H37N7O4/c1-28(2,3)39-27(38)34-16-17(15-22(34)26(36)37)31-23-10-6-8-19(32-23)18-7-5-9-20-24(18)25-21(11-12-29-4)30-13-14-35(25)33-20/h5-10,17,21-22,29-30H,11-16H2,1-4H3,(H,31,32)(H,36,37)/t17-,21?,22-/m0/s1. The van der Waals surface area contributed by atoms with Crippen molar-refractivity contribution in [3.05, 3.63) is 42.1 Å². The number of pyridine rings is 1. The molecule has 0 aliphatic carbocycles. The van der Waals surface area contributed by atoms with E-state index >= 15 is 0 Å². The number of rotatable bonds is 7. The molecule has 1 saturated heterocycles. The van der Waals surface area contributed by atoms with Crippen molar-refractivity contribution < 1.29 is 19.4 Å². The van der Waals surface area contributed by atoms with Gasteiger partial charge in [0.05, 0.1) is 29.5 Å². The summed E-state index contributed by atoms with van der Waals surface area (Å²) in [7, 11) is 1.96. The summed E-state index contributed by atoms with van der Waals surface area (Å²) in [5.41, 5.74) is 3.21. The van der Waals surface area contributed by atoms with Gasteiger partial charge in [-0.05, 0) is 59.0 Å². The Morgan fingerprint density at radius 3 is 2.74 bits per heavy atom. The van der Waals surface area contributed by atoms with E-state index in [9.17, 15) is 14.7 Å². The van der Waals surface area contributed by atoms with Crippen LogP contribution >= 0.6 is 0 Å². The molecule has 5 rings (SSSR count). The number of aliphatic carboxylic acids is 1. The highest BCUT2D eigenvalue weighted by atomic mass is 16.6. The minimum absolute atomic E-state index is 0.184. The van der Waals surface area contributed by atoms with E-state index in [1.54, 1.807) is 20.8 Å². The molecule has 2 aliphatic heterocycles. The zero-order chi connectivity index (χ0) is 27.7. The number of amides is 1. The molecule has 39 heavy (non-hydrogen) atoms. The third kappa shape index (κ3) is 5.69. The molecule has 1 amide bonds. The zero-order valence-electron chi connectivity index (χ0n) is 22.9. The summed E-state index contributed by atoms with van der Waals surface area (Å²) in [5, 5.41) is 26.0. The van der Waals surface area contributed by atoms with Crippen LogP contribution in [0.25, 0.3) is 22.2 Å². The van der Waals surface area contributed by atoms with Gasteiger partial charge in [-0.3, -0.25) is 9.58 Å². The highest BCUT2D eigenvalue weighted by Crippen LogP contribution is 2.36. The maximum Gasteiger partial charge on any atom is 0.411 e. The molecule has 0 bridgehead atoms.